The zero-order chi connectivity index (χ0) is 20.5. The van der Waals surface area contributed by atoms with Gasteiger partial charge in [0.15, 0.2) is 0 Å². The summed E-state index contributed by atoms with van der Waals surface area (Å²) in [5, 5.41) is 0. The molecule has 0 aliphatic carbocycles. The Kier molecular flexibility index (Phi) is 6.44. The molecule has 0 spiro atoms. The van der Waals surface area contributed by atoms with Crippen LogP contribution in [0.5, 0.6) is 17.2 Å². The maximum atomic E-state index is 6.42. The van der Waals surface area contributed by atoms with E-state index in [1.165, 1.54) is 0 Å². The predicted octanol–water partition coefficient (Wildman–Crippen LogP) is 5.45. The van der Waals surface area contributed by atoms with Gasteiger partial charge in [0.1, 0.15) is 17.2 Å². The van der Waals surface area contributed by atoms with Crippen LogP contribution in [0.25, 0.3) is 0 Å². The van der Waals surface area contributed by atoms with Crippen molar-refractivity contribution in [1.29, 1.82) is 0 Å². The third-order valence-electron chi connectivity index (χ3n) is 4.34. The third kappa shape index (κ3) is 5.50. The Balaban J connectivity index is 1.69. The number of rotatable bonds is 9. The van der Waals surface area contributed by atoms with Crippen LogP contribution in [-0.2, 0) is 6.54 Å². The lowest BCUT2D eigenvalue weighted by atomic mass is 10.2. The van der Waals surface area contributed by atoms with Crippen molar-refractivity contribution in [3.63, 3.8) is 0 Å². The van der Waals surface area contributed by atoms with E-state index in [1.54, 1.807) is 0 Å². The van der Waals surface area contributed by atoms with Gasteiger partial charge in [0.05, 0.1) is 0 Å². The average Bonchev–Trinajstić information content (AvgIpc) is 2.80. The lowest BCUT2D eigenvalue weighted by molar-refractivity contribution is 0.241. The Morgan fingerprint density at radius 2 is 0.800 bits per heavy atom. The van der Waals surface area contributed by atoms with E-state index in [-0.39, 0.29) is 0 Å². The van der Waals surface area contributed by atoms with E-state index in [1.807, 2.05) is 109 Å². The Morgan fingerprint density at radius 1 is 0.467 bits per heavy atom. The van der Waals surface area contributed by atoms with E-state index in [0.717, 1.165) is 5.56 Å². The van der Waals surface area contributed by atoms with E-state index >= 15 is 0 Å². The Labute approximate surface area is 178 Å². The Morgan fingerprint density at radius 3 is 1.17 bits per heavy atom. The molecule has 4 rings (SSSR count). The van der Waals surface area contributed by atoms with Crippen molar-refractivity contribution in [2.24, 2.45) is 0 Å². The van der Waals surface area contributed by atoms with Crippen molar-refractivity contribution in [2.75, 3.05) is 0 Å². The minimum absolute atomic E-state index is 0.541. The van der Waals surface area contributed by atoms with Gasteiger partial charge in [0, 0.05) is 6.54 Å². The molecule has 0 aromatic heterocycles. The molecule has 0 bridgehead atoms. The summed E-state index contributed by atoms with van der Waals surface area (Å²) in [6.07, 6.45) is 0. The fourth-order valence-electron chi connectivity index (χ4n) is 2.91. The van der Waals surface area contributed by atoms with Gasteiger partial charge >= 0.3 is 8.97 Å². The summed E-state index contributed by atoms with van der Waals surface area (Å²) < 4.78 is 19.2. The summed E-state index contributed by atoms with van der Waals surface area (Å²) in [7, 11) is -3.45. The highest BCUT2D eigenvalue weighted by atomic mass is 28.4. The molecule has 1 N–H and O–H groups in total. The number of para-hydroxylation sites is 3. The van der Waals surface area contributed by atoms with Crippen molar-refractivity contribution >= 4 is 8.97 Å². The number of hydrogen-bond donors (Lipinski definition) is 1. The maximum absolute atomic E-state index is 6.42. The second-order valence-corrected chi connectivity index (χ2v) is 8.72. The molecule has 0 amide bonds. The monoisotopic (exact) mass is 413 g/mol. The van der Waals surface area contributed by atoms with Gasteiger partial charge in [-0.1, -0.05) is 84.9 Å². The molecule has 0 atom stereocenters. The molecule has 0 saturated heterocycles. The highest BCUT2D eigenvalue weighted by Gasteiger charge is 2.51. The van der Waals surface area contributed by atoms with Crippen molar-refractivity contribution < 1.29 is 13.3 Å². The predicted molar refractivity (Wildman–Crippen MR) is 120 cm³/mol. The summed E-state index contributed by atoms with van der Waals surface area (Å²) in [5.74, 6) is 2.03. The van der Waals surface area contributed by atoms with E-state index in [2.05, 4.69) is 17.1 Å². The molecule has 0 saturated carbocycles. The van der Waals surface area contributed by atoms with Crippen LogP contribution in [0.1, 0.15) is 5.56 Å². The van der Waals surface area contributed by atoms with Gasteiger partial charge in [0.25, 0.3) is 0 Å². The van der Waals surface area contributed by atoms with E-state index in [9.17, 15) is 0 Å². The van der Waals surface area contributed by atoms with Crippen LogP contribution in [0.15, 0.2) is 121 Å². The lowest BCUT2D eigenvalue weighted by Crippen LogP contribution is -2.66. The van der Waals surface area contributed by atoms with Crippen molar-refractivity contribution in [3.8, 4) is 17.2 Å². The molecule has 4 aromatic rings. The molecule has 0 radical (unpaired) electrons. The van der Waals surface area contributed by atoms with Crippen LogP contribution in [0.4, 0.5) is 0 Å². The Hall–Kier alpha value is -3.54. The van der Waals surface area contributed by atoms with Crippen LogP contribution < -0.4 is 18.3 Å². The third-order valence-corrected chi connectivity index (χ3v) is 6.46. The number of nitrogens with one attached hydrogen (secondary N) is 1. The first-order chi connectivity index (χ1) is 14.8. The largest absolute Gasteiger partial charge is 0.804 e. The first-order valence-electron chi connectivity index (χ1n) is 9.82. The lowest BCUT2D eigenvalue weighted by Gasteiger charge is -2.30. The van der Waals surface area contributed by atoms with Crippen LogP contribution in [0.3, 0.4) is 0 Å². The van der Waals surface area contributed by atoms with Gasteiger partial charge in [-0.15, -0.1) is 0 Å². The number of benzene rings is 4. The standard InChI is InChI=1S/C25H23NO3Si/c1-5-13-22(14-6-1)21-26-30(27-23-15-7-2-8-16-23,28-24-17-9-3-10-18-24)29-25-19-11-4-12-20-25/h1-20,26H,21H2. The van der Waals surface area contributed by atoms with Crippen molar-refractivity contribution in [3.05, 3.63) is 127 Å². The second kappa shape index (κ2) is 9.78. The molecule has 4 nitrogen and oxygen atoms in total. The quantitative estimate of drug-likeness (QED) is 0.371. The summed E-state index contributed by atoms with van der Waals surface area (Å²) in [4.78, 5) is 3.47. The van der Waals surface area contributed by atoms with Crippen LogP contribution in [0, 0.1) is 0 Å². The molecule has 0 aliphatic heterocycles. The first kappa shape index (κ1) is 19.8. The van der Waals surface area contributed by atoms with Crippen molar-refractivity contribution in [1.82, 2.24) is 4.98 Å². The van der Waals surface area contributed by atoms with Crippen LogP contribution >= 0.6 is 0 Å². The summed E-state index contributed by atoms with van der Waals surface area (Å²) in [6.45, 7) is 0.541. The van der Waals surface area contributed by atoms with Gasteiger partial charge in [-0.3, -0.25) is 0 Å². The van der Waals surface area contributed by atoms with Gasteiger partial charge in [-0.25, -0.2) is 4.98 Å². The zero-order valence-corrected chi connectivity index (χ0v) is 17.5. The second-order valence-electron chi connectivity index (χ2n) is 6.64. The molecular formula is C25H23NO3Si. The molecule has 0 aliphatic rings. The molecule has 150 valence electrons. The zero-order valence-electron chi connectivity index (χ0n) is 16.5. The fraction of sp³-hybridized carbons (Fsp3) is 0.0400. The minimum Gasteiger partial charge on any atom is -0.471 e. The summed E-state index contributed by atoms with van der Waals surface area (Å²) in [6, 6.07) is 38.9. The highest BCUT2D eigenvalue weighted by molar-refractivity contribution is 6.60. The highest BCUT2D eigenvalue weighted by Crippen LogP contribution is 2.23. The molecule has 30 heavy (non-hydrogen) atoms. The smallest absolute Gasteiger partial charge is 0.471 e. The van der Waals surface area contributed by atoms with E-state index in [4.69, 9.17) is 13.3 Å². The van der Waals surface area contributed by atoms with Gasteiger partial charge in [-0.2, -0.15) is 0 Å². The molecule has 4 aromatic carbocycles. The van der Waals surface area contributed by atoms with Gasteiger partial charge in [0.2, 0.25) is 0 Å². The van der Waals surface area contributed by atoms with Crippen molar-refractivity contribution in [2.45, 2.75) is 6.54 Å². The molecular weight excluding hydrogens is 390 g/mol. The first-order valence-corrected chi connectivity index (χ1v) is 11.5. The van der Waals surface area contributed by atoms with Gasteiger partial charge in [-0.05, 0) is 42.0 Å². The molecule has 0 fully saturated rings. The van der Waals surface area contributed by atoms with E-state index in [0.29, 0.717) is 23.8 Å². The summed E-state index contributed by atoms with van der Waals surface area (Å²) >= 11 is 0. The van der Waals surface area contributed by atoms with Crippen LogP contribution in [-0.4, -0.2) is 8.97 Å². The minimum atomic E-state index is -3.45. The van der Waals surface area contributed by atoms with Crippen LogP contribution in [0.2, 0.25) is 0 Å². The summed E-state index contributed by atoms with van der Waals surface area (Å²) in [5.41, 5.74) is 1.11. The maximum Gasteiger partial charge on any atom is 0.804 e. The van der Waals surface area contributed by atoms with Gasteiger partial charge < -0.3 is 13.3 Å². The molecule has 0 unspecified atom stereocenters. The Bertz CT molecular complexity index is 914. The molecule has 0 heterocycles. The normalized spacial score (nSPS) is 10.9. The topological polar surface area (TPSA) is 39.7 Å². The SMILES string of the molecule is c1ccc(CN[Si](Oc2ccccc2)(Oc2ccccc2)Oc2ccccc2)cc1. The van der Waals surface area contributed by atoms with E-state index < -0.39 is 8.97 Å². The fourth-order valence-corrected chi connectivity index (χ4v) is 5.01. The number of hydrogen-bond acceptors (Lipinski definition) is 4. The average molecular weight is 414 g/mol. The molecule has 5 heteroatoms.